The normalized spacial score (nSPS) is 18.6. The first-order valence-electron chi connectivity index (χ1n) is 8.73. The number of nitrogens with zero attached hydrogens (tertiary/aromatic N) is 1. The minimum absolute atomic E-state index is 0.0127. The maximum Gasteiger partial charge on any atom is 0.334 e. The van der Waals surface area contributed by atoms with Gasteiger partial charge in [0, 0.05) is 29.2 Å². The number of ketones is 1. The van der Waals surface area contributed by atoms with Gasteiger partial charge in [0.05, 0.1) is 17.4 Å². The van der Waals surface area contributed by atoms with Crippen LogP contribution in [-0.2, 0) is 9.53 Å². The summed E-state index contributed by atoms with van der Waals surface area (Å²) in [5.74, 6) is -1.59. The van der Waals surface area contributed by atoms with E-state index in [0.717, 1.165) is 5.56 Å². The van der Waals surface area contributed by atoms with Gasteiger partial charge in [0.25, 0.3) is 5.69 Å². The van der Waals surface area contributed by atoms with Crippen molar-refractivity contribution in [1.82, 2.24) is 0 Å². The summed E-state index contributed by atoms with van der Waals surface area (Å²) in [6.07, 6.45) is 2.24. The van der Waals surface area contributed by atoms with Crippen molar-refractivity contribution in [3.63, 3.8) is 0 Å². The molecule has 3 rings (SSSR count). The molecule has 0 bridgehead atoms. The van der Waals surface area contributed by atoms with Crippen LogP contribution in [0.25, 0.3) is 0 Å². The van der Waals surface area contributed by atoms with Crippen molar-refractivity contribution >= 4 is 17.4 Å². The largest absolute Gasteiger partial charge is 0.463 e. The van der Waals surface area contributed by atoms with Crippen LogP contribution in [0.1, 0.15) is 35.2 Å². The predicted molar refractivity (Wildman–Crippen MR) is 99.4 cm³/mol. The zero-order valence-corrected chi connectivity index (χ0v) is 14.8. The van der Waals surface area contributed by atoms with Crippen LogP contribution in [0.15, 0.2) is 66.2 Å². The van der Waals surface area contributed by atoms with E-state index >= 15 is 0 Å². The Hall–Kier alpha value is -3.28. The highest BCUT2D eigenvalue weighted by atomic mass is 16.6. The van der Waals surface area contributed by atoms with Crippen molar-refractivity contribution in [2.24, 2.45) is 5.92 Å². The summed E-state index contributed by atoms with van der Waals surface area (Å²) >= 11 is 0. The number of carbonyl (C=O) groups excluding carboxylic acids is 2. The molecule has 0 amide bonds. The summed E-state index contributed by atoms with van der Waals surface area (Å²) in [4.78, 5) is 36.0. The highest BCUT2D eigenvalue weighted by molar-refractivity contribution is 6.06. The Morgan fingerprint density at radius 1 is 1.11 bits per heavy atom. The van der Waals surface area contributed by atoms with Gasteiger partial charge in [-0.1, -0.05) is 48.5 Å². The monoisotopic (exact) mass is 365 g/mol. The molecule has 1 aliphatic carbocycles. The van der Waals surface area contributed by atoms with Crippen LogP contribution in [0.3, 0.4) is 0 Å². The number of ether oxygens (including phenoxy) is 1. The molecule has 2 aromatic carbocycles. The van der Waals surface area contributed by atoms with E-state index in [4.69, 9.17) is 4.74 Å². The van der Waals surface area contributed by atoms with E-state index in [1.165, 1.54) is 12.1 Å². The molecule has 2 atom stereocenters. The van der Waals surface area contributed by atoms with Gasteiger partial charge in [-0.2, -0.15) is 0 Å². The Kier molecular flexibility index (Phi) is 5.45. The Labute approximate surface area is 156 Å². The molecule has 0 radical (unpaired) electrons. The van der Waals surface area contributed by atoms with E-state index < -0.39 is 16.8 Å². The summed E-state index contributed by atoms with van der Waals surface area (Å²) in [6.45, 7) is 1.94. The number of hydrogen-bond donors (Lipinski definition) is 0. The van der Waals surface area contributed by atoms with Crippen LogP contribution in [-0.4, -0.2) is 23.3 Å². The molecule has 2 aromatic rings. The lowest BCUT2D eigenvalue weighted by Gasteiger charge is -2.22. The highest BCUT2D eigenvalue weighted by Crippen LogP contribution is 2.42. The van der Waals surface area contributed by atoms with E-state index in [1.807, 2.05) is 6.07 Å². The molecule has 0 aromatic heterocycles. The molecule has 0 unspecified atom stereocenters. The summed E-state index contributed by atoms with van der Waals surface area (Å²) < 4.78 is 5.13. The molecule has 0 fully saturated rings. The molecule has 6 heteroatoms. The fourth-order valence-electron chi connectivity index (χ4n) is 3.44. The summed E-state index contributed by atoms with van der Waals surface area (Å²) in [5.41, 5.74) is 1.65. The second-order valence-electron chi connectivity index (χ2n) is 6.28. The van der Waals surface area contributed by atoms with Gasteiger partial charge in [-0.3, -0.25) is 14.9 Å². The number of esters is 1. The smallest absolute Gasteiger partial charge is 0.334 e. The van der Waals surface area contributed by atoms with E-state index in [0.29, 0.717) is 17.6 Å². The lowest BCUT2D eigenvalue weighted by Crippen LogP contribution is -2.25. The summed E-state index contributed by atoms with van der Waals surface area (Å²) in [7, 11) is 0. The molecule has 138 valence electrons. The minimum atomic E-state index is -0.673. The Balaban J connectivity index is 1.96. The number of carbonyl (C=O) groups is 2. The summed E-state index contributed by atoms with van der Waals surface area (Å²) in [6, 6.07) is 14.9. The Morgan fingerprint density at radius 2 is 1.78 bits per heavy atom. The van der Waals surface area contributed by atoms with Gasteiger partial charge in [0.2, 0.25) is 0 Å². The molecule has 0 spiro atoms. The first-order valence-corrected chi connectivity index (χ1v) is 8.73. The molecule has 0 aliphatic heterocycles. The van der Waals surface area contributed by atoms with Crippen LogP contribution < -0.4 is 0 Å². The van der Waals surface area contributed by atoms with E-state index in [9.17, 15) is 19.7 Å². The van der Waals surface area contributed by atoms with E-state index in [1.54, 1.807) is 49.4 Å². The SMILES string of the molecule is CCOC(=O)C1=CC[C@H](c2ccc([N+](=O)[O-])cc2)[C@H]1C(=O)c1ccccc1. The molecule has 1 aliphatic rings. The van der Waals surface area contributed by atoms with Crippen molar-refractivity contribution in [2.45, 2.75) is 19.3 Å². The number of allylic oxidation sites excluding steroid dienone is 1. The Bertz CT molecular complexity index is 887. The van der Waals surface area contributed by atoms with Crippen LogP contribution in [0.2, 0.25) is 0 Å². The molecular weight excluding hydrogens is 346 g/mol. The topological polar surface area (TPSA) is 86.5 Å². The first-order chi connectivity index (χ1) is 13.0. The average Bonchev–Trinajstić information content (AvgIpc) is 3.13. The quantitative estimate of drug-likeness (QED) is 0.333. The van der Waals surface area contributed by atoms with Crippen molar-refractivity contribution in [3.05, 3.63) is 87.5 Å². The lowest BCUT2D eigenvalue weighted by molar-refractivity contribution is -0.384. The standard InChI is InChI=1S/C21H19NO5/c1-2-27-21(24)18-13-12-17(14-8-10-16(11-9-14)22(25)26)19(18)20(23)15-6-4-3-5-7-15/h3-11,13,17,19H,2,12H2,1H3/t17-,19-/m1/s1. The number of non-ortho nitro benzene ring substituents is 1. The van der Waals surface area contributed by atoms with E-state index in [-0.39, 0.29) is 24.0 Å². The molecule has 6 nitrogen and oxygen atoms in total. The van der Waals surface area contributed by atoms with Gasteiger partial charge in [-0.15, -0.1) is 0 Å². The van der Waals surface area contributed by atoms with Gasteiger partial charge < -0.3 is 4.74 Å². The fraction of sp³-hybridized carbons (Fsp3) is 0.238. The van der Waals surface area contributed by atoms with Crippen LogP contribution in [0.4, 0.5) is 5.69 Å². The van der Waals surface area contributed by atoms with Crippen molar-refractivity contribution < 1.29 is 19.2 Å². The second-order valence-corrected chi connectivity index (χ2v) is 6.28. The van der Waals surface area contributed by atoms with Gasteiger partial charge in [-0.05, 0) is 18.9 Å². The second kappa shape index (κ2) is 7.95. The zero-order chi connectivity index (χ0) is 19.4. The average molecular weight is 365 g/mol. The number of benzene rings is 2. The molecular formula is C21H19NO5. The molecule has 0 N–H and O–H groups in total. The first kappa shape index (κ1) is 18.5. The molecule has 27 heavy (non-hydrogen) atoms. The van der Waals surface area contributed by atoms with Crippen LogP contribution >= 0.6 is 0 Å². The number of hydrogen-bond acceptors (Lipinski definition) is 5. The molecule has 0 heterocycles. The van der Waals surface area contributed by atoms with Crippen LogP contribution in [0, 0.1) is 16.0 Å². The van der Waals surface area contributed by atoms with Gasteiger partial charge in [0.15, 0.2) is 5.78 Å². The minimum Gasteiger partial charge on any atom is -0.463 e. The highest BCUT2D eigenvalue weighted by Gasteiger charge is 2.40. The van der Waals surface area contributed by atoms with Gasteiger partial charge in [0.1, 0.15) is 0 Å². The lowest BCUT2D eigenvalue weighted by atomic mass is 9.80. The van der Waals surface area contributed by atoms with Crippen molar-refractivity contribution in [1.29, 1.82) is 0 Å². The third-order valence-electron chi connectivity index (χ3n) is 4.71. The van der Waals surface area contributed by atoms with Gasteiger partial charge >= 0.3 is 5.97 Å². The van der Waals surface area contributed by atoms with Crippen molar-refractivity contribution in [3.8, 4) is 0 Å². The number of Topliss-reactive ketones (excluding diaryl/α,β-unsaturated/α-hetero) is 1. The third kappa shape index (κ3) is 3.79. The number of nitro groups is 1. The third-order valence-corrected chi connectivity index (χ3v) is 4.71. The van der Waals surface area contributed by atoms with Crippen molar-refractivity contribution in [2.75, 3.05) is 6.61 Å². The number of nitro benzene ring substituents is 1. The maximum atomic E-state index is 13.2. The van der Waals surface area contributed by atoms with Crippen LogP contribution in [0.5, 0.6) is 0 Å². The predicted octanol–water partition coefficient (Wildman–Crippen LogP) is 4.07. The number of rotatable bonds is 6. The Morgan fingerprint density at radius 3 is 2.37 bits per heavy atom. The van der Waals surface area contributed by atoms with E-state index in [2.05, 4.69) is 0 Å². The maximum absolute atomic E-state index is 13.2. The molecule has 0 saturated carbocycles. The fourth-order valence-corrected chi connectivity index (χ4v) is 3.44. The van der Waals surface area contributed by atoms with Gasteiger partial charge in [-0.25, -0.2) is 4.79 Å². The molecule has 0 saturated heterocycles. The summed E-state index contributed by atoms with van der Waals surface area (Å²) in [5, 5.41) is 10.9. The zero-order valence-electron chi connectivity index (χ0n) is 14.8.